The van der Waals surface area contributed by atoms with Crippen LogP contribution in [0.25, 0.3) is 0 Å². The lowest BCUT2D eigenvalue weighted by Crippen LogP contribution is -2.51. The minimum Gasteiger partial charge on any atom is -0.362 e. The summed E-state index contributed by atoms with van der Waals surface area (Å²) in [6.07, 6.45) is 2.82. The predicted molar refractivity (Wildman–Crippen MR) is 79.1 cm³/mol. The summed E-state index contributed by atoms with van der Waals surface area (Å²) in [6.45, 7) is 8.03. The van der Waals surface area contributed by atoms with Crippen molar-refractivity contribution in [3.05, 3.63) is 28.6 Å². The van der Waals surface area contributed by atoms with Gasteiger partial charge in [-0.15, -0.1) is 0 Å². The number of hydrogen-bond acceptors (Lipinski definition) is 5. The summed E-state index contributed by atoms with van der Waals surface area (Å²) >= 11 is 0. The molecule has 2 rings (SSSR count). The minimum absolute atomic E-state index is 0.00750. The molecule has 2 heterocycles. The Morgan fingerprint density at radius 1 is 1.29 bits per heavy atom. The predicted octanol–water partition coefficient (Wildman–Crippen LogP) is 1.68. The number of aromatic nitrogens is 1. The number of hydrogen-bond donors (Lipinski definition) is 0. The highest BCUT2D eigenvalue weighted by molar-refractivity contribution is 5.81. The van der Waals surface area contributed by atoms with E-state index < -0.39 is 10.3 Å². The molecule has 0 saturated carbocycles. The number of carbonyl (C=O) groups is 1. The molecule has 1 saturated heterocycles. The number of amides is 1. The van der Waals surface area contributed by atoms with Gasteiger partial charge in [-0.05, 0) is 6.07 Å². The van der Waals surface area contributed by atoms with E-state index in [1.165, 1.54) is 6.20 Å². The molecule has 7 nitrogen and oxygen atoms in total. The van der Waals surface area contributed by atoms with Crippen LogP contribution in [-0.2, 0) is 4.79 Å². The minimum atomic E-state index is -0.422. The molecule has 1 aromatic rings. The first-order valence-electron chi connectivity index (χ1n) is 6.93. The van der Waals surface area contributed by atoms with Gasteiger partial charge >= 0.3 is 5.69 Å². The second-order valence-electron chi connectivity index (χ2n) is 6.15. The zero-order chi connectivity index (χ0) is 15.6. The lowest BCUT2D eigenvalue weighted by atomic mass is 9.94. The largest absolute Gasteiger partial charge is 0.362 e. The maximum atomic E-state index is 12.2. The number of nitrogens with zero attached hydrogens (tertiary/aromatic N) is 4. The second kappa shape index (κ2) is 5.67. The van der Waals surface area contributed by atoms with E-state index in [1.807, 2.05) is 30.6 Å². The molecule has 0 N–H and O–H groups in total. The van der Waals surface area contributed by atoms with Crippen molar-refractivity contribution in [1.82, 2.24) is 9.88 Å². The maximum absolute atomic E-state index is 12.2. The summed E-state index contributed by atoms with van der Waals surface area (Å²) in [4.78, 5) is 30.4. The highest BCUT2D eigenvalue weighted by Gasteiger charge is 2.31. The zero-order valence-corrected chi connectivity index (χ0v) is 12.6. The van der Waals surface area contributed by atoms with Crippen molar-refractivity contribution < 1.29 is 9.72 Å². The van der Waals surface area contributed by atoms with Gasteiger partial charge in [-0.3, -0.25) is 19.9 Å². The molecule has 1 aromatic heterocycles. The first-order chi connectivity index (χ1) is 9.80. The molecule has 1 aliphatic rings. The highest BCUT2D eigenvalue weighted by Crippen LogP contribution is 2.28. The van der Waals surface area contributed by atoms with Crippen molar-refractivity contribution in [3.8, 4) is 0 Å². The Balaban J connectivity index is 2.09. The smallest absolute Gasteiger partial charge is 0.310 e. The standard InChI is InChI=1S/C14H20N4O3/c1-14(2,3)13(19)17-8-6-16(7-9-17)11-4-5-15-10-12(11)18(20)21/h4-5,10H,6-9H2,1-3H3. The van der Waals surface area contributed by atoms with Gasteiger partial charge in [0.15, 0.2) is 0 Å². The maximum Gasteiger partial charge on any atom is 0.310 e. The molecule has 1 amide bonds. The fraction of sp³-hybridized carbons (Fsp3) is 0.571. The van der Waals surface area contributed by atoms with Gasteiger partial charge in [-0.25, -0.2) is 0 Å². The average molecular weight is 292 g/mol. The second-order valence-corrected chi connectivity index (χ2v) is 6.15. The van der Waals surface area contributed by atoms with Crippen LogP contribution in [0.1, 0.15) is 20.8 Å². The van der Waals surface area contributed by atoms with Crippen LogP contribution in [0, 0.1) is 15.5 Å². The first kappa shape index (κ1) is 15.2. The Kier molecular flexibility index (Phi) is 4.11. The molecule has 0 spiro atoms. The monoisotopic (exact) mass is 292 g/mol. The normalized spacial score (nSPS) is 16.0. The van der Waals surface area contributed by atoms with Crippen LogP contribution in [0.15, 0.2) is 18.5 Å². The lowest BCUT2D eigenvalue weighted by molar-refractivity contribution is -0.384. The van der Waals surface area contributed by atoms with Gasteiger partial charge in [0.25, 0.3) is 0 Å². The average Bonchev–Trinajstić information content (AvgIpc) is 2.45. The van der Waals surface area contributed by atoms with Gasteiger partial charge in [0, 0.05) is 37.8 Å². The molecule has 0 aliphatic carbocycles. The van der Waals surface area contributed by atoms with Crippen molar-refractivity contribution in [2.75, 3.05) is 31.1 Å². The van der Waals surface area contributed by atoms with E-state index in [0.29, 0.717) is 31.9 Å². The van der Waals surface area contributed by atoms with Crippen LogP contribution in [-0.4, -0.2) is 46.9 Å². The first-order valence-corrected chi connectivity index (χ1v) is 6.93. The van der Waals surface area contributed by atoms with Gasteiger partial charge < -0.3 is 9.80 Å². The van der Waals surface area contributed by atoms with Crippen molar-refractivity contribution in [1.29, 1.82) is 0 Å². The van der Waals surface area contributed by atoms with E-state index in [0.717, 1.165) is 0 Å². The molecule has 0 radical (unpaired) electrons. The van der Waals surface area contributed by atoms with Crippen LogP contribution >= 0.6 is 0 Å². The Labute approximate surface area is 123 Å². The summed E-state index contributed by atoms with van der Waals surface area (Å²) < 4.78 is 0. The molecular formula is C14H20N4O3. The third-order valence-electron chi connectivity index (χ3n) is 3.52. The van der Waals surface area contributed by atoms with Gasteiger partial charge in [0.1, 0.15) is 11.9 Å². The van der Waals surface area contributed by atoms with E-state index in [-0.39, 0.29) is 11.6 Å². The Morgan fingerprint density at radius 3 is 2.43 bits per heavy atom. The Hall–Kier alpha value is -2.18. The van der Waals surface area contributed by atoms with Crippen molar-refractivity contribution in [2.24, 2.45) is 5.41 Å². The van der Waals surface area contributed by atoms with Gasteiger partial charge in [0.2, 0.25) is 5.91 Å². The summed E-state index contributed by atoms with van der Waals surface area (Å²) in [7, 11) is 0. The Bertz CT molecular complexity index is 545. The van der Waals surface area contributed by atoms with Crippen LogP contribution < -0.4 is 4.90 Å². The number of carbonyl (C=O) groups excluding carboxylic acids is 1. The quantitative estimate of drug-likeness (QED) is 0.612. The summed E-state index contributed by atoms with van der Waals surface area (Å²) in [6, 6.07) is 1.65. The fourth-order valence-corrected chi connectivity index (χ4v) is 2.41. The van der Waals surface area contributed by atoms with Crippen LogP contribution in [0.5, 0.6) is 0 Å². The number of pyridine rings is 1. The Morgan fingerprint density at radius 2 is 1.90 bits per heavy atom. The van der Waals surface area contributed by atoms with E-state index in [1.54, 1.807) is 12.3 Å². The van der Waals surface area contributed by atoms with E-state index in [9.17, 15) is 14.9 Å². The molecule has 1 fully saturated rings. The third-order valence-corrected chi connectivity index (χ3v) is 3.52. The third kappa shape index (κ3) is 3.29. The summed E-state index contributed by atoms with van der Waals surface area (Å²) in [5.41, 5.74) is 0.177. The van der Waals surface area contributed by atoms with Crippen molar-refractivity contribution in [2.45, 2.75) is 20.8 Å². The topological polar surface area (TPSA) is 79.6 Å². The number of nitro groups is 1. The van der Waals surface area contributed by atoms with Gasteiger partial charge in [-0.1, -0.05) is 20.8 Å². The number of piperazine rings is 1. The van der Waals surface area contributed by atoms with Crippen molar-refractivity contribution >= 4 is 17.3 Å². The van der Waals surface area contributed by atoms with E-state index >= 15 is 0 Å². The van der Waals surface area contributed by atoms with E-state index in [2.05, 4.69) is 4.98 Å². The van der Waals surface area contributed by atoms with E-state index in [4.69, 9.17) is 0 Å². The molecule has 0 unspecified atom stereocenters. The summed E-state index contributed by atoms with van der Waals surface area (Å²) in [5, 5.41) is 11.0. The van der Waals surface area contributed by atoms with Gasteiger partial charge in [0.05, 0.1) is 4.92 Å². The molecule has 21 heavy (non-hydrogen) atoms. The SMILES string of the molecule is CC(C)(C)C(=O)N1CCN(c2ccncc2[N+](=O)[O-])CC1. The van der Waals surface area contributed by atoms with Crippen LogP contribution in [0.2, 0.25) is 0 Å². The lowest BCUT2D eigenvalue weighted by Gasteiger charge is -2.38. The molecular weight excluding hydrogens is 272 g/mol. The number of anilines is 1. The van der Waals surface area contributed by atoms with Crippen molar-refractivity contribution in [3.63, 3.8) is 0 Å². The molecule has 0 aromatic carbocycles. The zero-order valence-electron chi connectivity index (χ0n) is 12.6. The molecule has 1 aliphatic heterocycles. The fourth-order valence-electron chi connectivity index (χ4n) is 2.41. The molecule has 0 bridgehead atoms. The molecule has 7 heteroatoms. The van der Waals surface area contributed by atoms with Crippen LogP contribution in [0.3, 0.4) is 0 Å². The van der Waals surface area contributed by atoms with Gasteiger partial charge in [-0.2, -0.15) is 0 Å². The molecule has 114 valence electrons. The summed E-state index contributed by atoms with van der Waals surface area (Å²) in [5.74, 6) is 0.117. The molecule has 0 atom stereocenters. The number of rotatable bonds is 2. The van der Waals surface area contributed by atoms with Crippen LogP contribution in [0.4, 0.5) is 11.4 Å². The highest BCUT2D eigenvalue weighted by atomic mass is 16.6.